The van der Waals surface area contributed by atoms with Gasteiger partial charge in [-0.05, 0) is 25.1 Å². The number of hydrogen-bond acceptors (Lipinski definition) is 1. The van der Waals surface area contributed by atoms with E-state index in [4.69, 9.17) is 11.6 Å². The highest BCUT2D eigenvalue weighted by molar-refractivity contribution is 6.16. The molecule has 62 valence electrons. The Morgan fingerprint density at radius 2 is 2.33 bits per heavy atom. The molecule has 0 fully saturated rings. The van der Waals surface area contributed by atoms with Crippen LogP contribution < -0.4 is 0 Å². The fraction of sp³-hybridized carbons (Fsp3) is 0.222. The first kappa shape index (κ1) is 7.62. The van der Waals surface area contributed by atoms with Crippen molar-refractivity contribution in [3.05, 3.63) is 29.6 Å². The Morgan fingerprint density at radius 1 is 1.50 bits per heavy atom. The summed E-state index contributed by atoms with van der Waals surface area (Å²) < 4.78 is 0. The van der Waals surface area contributed by atoms with Crippen LogP contribution in [0.2, 0.25) is 0 Å². The van der Waals surface area contributed by atoms with Crippen LogP contribution in [0.4, 0.5) is 0 Å². The van der Waals surface area contributed by atoms with Gasteiger partial charge in [-0.1, -0.05) is 0 Å². The van der Waals surface area contributed by atoms with Gasteiger partial charge in [0.25, 0.3) is 0 Å². The molecule has 2 heterocycles. The predicted octanol–water partition coefficient (Wildman–Crippen LogP) is 2.61. The number of nitrogens with zero attached hydrogens (tertiary/aromatic N) is 1. The van der Waals surface area contributed by atoms with Crippen molar-refractivity contribution in [3.8, 4) is 0 Å². The zero-order chi connectivity index (χ0) is 8.55. The van der Waals surface area contributed by atoms with Crippen LogP contribution in [0.5, 0.6) is 0 Å². The molecule has 1 N–H and O–H groups in total. The zero-order valence-electron chi connectivity index (χ0n) is 6.76. The highest BCUT2D eigenvalue weighted by Crippen LogP contribution is 2.13. The van der Waals surface area contributed by atoms with Crippen LogP contribution in [0.15, 0.2) is 18.2 Å². The summed E-state index contributed by atoms with van der Waals surface area (Å²) in [6.45, 7) is 2.02. The maximum absolute atomic E-state index is 5.66. The second kappa shape index (κ2) is 2.79. The van der Waals surface area contributed by atoms with Gasteiger partial charge in [-0.25, -0.2) is 4.98 Å². The minimum Gasteiger partial charge on any atom is -0.344 e. The monoisotopic (exact) mass is 180 g/mol. The summed E-state index contributed by atoms with van der Waals surface area (Å²) in [7, 11) is 0. The van der Waals surface area contributed by atoms with Crippen LogP contribution in [0.1, 0.15) is 11.4 Å². The molecule has 12 heavy (non-hydrogen) atoms. The van der Waals surface area contributed by atoms with Crippen LogP contribution in [-0.4, -0.2) is 9.97 Å². The molecular weight excluding hydrogens is 172 g/mol. The van der Waals surface area contributed by atoms with Gasteiger partial charge in [0.2, 0.25) is 0 Å². The molecule has 0 aromatic carbocycles. The maximum Gasteiger partial charge on any atom is 0.137 e. The lowest BCUT2D eigenvalue weighted by molar-refractivity contribution is 1.17. The molecule has 0 radical (unpaired) electrons. The van der Waals surface area contributed by atoms with E-state index in [0.29, 0.717) is 5.88 Å². The van der Waals surface area contributed by atoms with E-state index in [0.717, 1.165) is 22.4 Å². The number of aromatic amines is 1. The fourth-order valence-corrected chi connectivity index (χ4v) is 1.41. The molecule has 0 saturated carbocycles. The molecule has 0 saturated heterocycles. The lowest BCUT2D eigenvalue weighted by Gasteiger charge is -1.92. The summed E-state index contributed by atoms with van der Waals surface area (Å²) in [6.07, 6.45) is 0. The van der Waals surface area contributed by atoms with Gasteiger partial charge in [0.15, 0.2) is 0 Å². The molecule has 0 aliphatic rings. The summed E-state index contributed by atoms with van der Waals surface area (Å²) in [6, 6.07) is 6.05. The highest BCUT2D eigenvalue weighted by Gasteiger charge is 1.99. The molecule has 3 heteroatoms. The van der Waals surface area contributed by atoms with Gasteiger partial charge in [-0.15, -0.1) is 11.6 Å². The van der Waals surface area contributed by atoms with Crippen molar-refractivity contribution in [3.63, 3.8) is 0 Å². The zero-order valence-corrected chi connectivity index (χ0v) is 7.52. The number of aromatic nitrogens is 2. The maximum atomic E-state index is 5.66. The standard InChI is InChI=1S/C9H9ClN2/c1-6-4-7-2-3-8(5-10)12-9(7)11-6/h2-4H,5H2,1H3,(H,11,12). The fourth-order valence-electron chi connectivity index (χ4n) is 1.26. The molecular formula is C9H9ClN2. The van der Waals surface area contributed by atoms with E-state index in [9.17, 15) is 0 Å². The van der Waals surface area contributed by atoms with E-state index in [1.807, 2.05) is 19.1 Å². The average Bonchev–Trinajstić information content (AvgIpc) is 2.43. The third-order valence-electron chi connectivity index (χ3n) is 1.81. The summed E-state index contributed by atoms with van der Waals surface area (Å²) in [5, 5.41) is 1.14. The first-order valence-electron chi connectivity index (χ1n) is 3.81. The molecule has 0 aliphatic carbocycles. The van der Waals surface area contributed by atoms with Crippen LogP contribution in [0.3, 0.4) is 0 Å². The number of H-pyrrole nitrogens is 1. The minimum absolute atomic E-state index is 0.466. The van der Waals surface area contributed by atoms with Gasteiger partial charge in [0.05, 0.1) is 11.6 Å². The predicted molar refractivity (Wildman–Crippen MR) is 50.4 cm³/mol. The van der Waals surface area contributed by atoms with Crippen molar-refractivity contribution in [1.29, 1.82) is 0 Å². The van der Waals surface area contributed by atoms with Crippen LogP contribution >= 0.6 is 11.6 Å². The Morgan fingerprint density at radius 3 is 3.08 bits per heavy atom. The molecule has 2 aromatic heterocycles. The molecule has 0 atom stereocenters. The van der Waals surface area contributed by atoms with Crippen LogP contribution in [0, 0.1) is 6.92 Å². The van der Waals surface area contributed by atoms with E-state index >= 15 is 0 Å². The van der Waals surface area contributed by atoms with Crippen molar-refractivity contribution in [2.45, 2.75) is 12.8 Å². The van der Waals surface area contributed by atoms with Gasteiger partial charge < -0.3 is 4.98 Å². The lowest BCUT2D eigenvalue weighted by Crippen LogP contribution is -1.84. The van der Waals surface area contributed by atoms with Crippen molar-refractivity contribution in [2.24, 2.45) is 0 Å². The number of alkyl halides is 1. The summed E-state index contributed by atoms with van der Waals surface area (Å²) in [5.41, 5.74) is 2.96. The Bertz CT molecular complexity index is 406. The summed E-state index contributed by atoms with van der Waals surface area (Å²) in [4.78, 5) is 7.49. The van der Waals surface area contributed by atoms with Gasteiger partial charge in [0.1, 0.15) is 5.65 Å². The second-order valence-corrected chi connectivity index (χ2v) is 3.09. The largest absolute Gasteiger partial charge is 0.344 e. The van der Waals surface area contributed by atoms with Gasteiger partial charge in [-0.2, -0.15) is 0 Å². The molecule has 0 amide bonds. The molecule has 2 nitrogen and oxygen atoms in total. The second-order valence-electron chi connectivity index (χ2n) is 2.83. The number of aryl methyl sites for hydroxylation is 1. The van der Waals surface area contributed by atoms with Crippen molar-refractivity contribution < 1.29 is 0 Å². The van der Waals surface area contributed by atoms with E-state index in [2.05, 4.69) is 16.0 Å². The SMILES string of the molecule is Cc1cc2ccc(CCl)nc2[nH]1. The van der Waals surface area contributed by atoms with E-state index < -0.39 is 0 Å². The number of fused-ring (bicyclic) bond motifs is 1. The van der Waals surface area contributed by atoms with Gasteiger partial charge in [-0.3, -0.25) is 0 Å². The molecule has 0 bridgehead atoms. The summed E-state index contributed by atoms with van der Waals surface area (Å²) in [5.74, 6) is 0.466. The number of pyridine rings is 1. The first-order valence-corrected chi connectivity index (χ1v) is 4.34. The molecule has 0 unspecified atom stereocenters. The van der Waals surface area contributed by atoms with Crippen molar-refractivity contribution >= 4 is 22.6 Å². The number of halogens is 1. The number of hydrogen-bond donors (Lipinski definition) is 1. The highest BCUT2D eigenvalue weighted by atomic mass is 35.5. The number of rotatable bonds is 1. The molecule has 2 rings (SSSR count). The van der Waals surface area contributed by atoms with Crippen LogP contribution in [0.25, 0.3) is 11.0 Å². The Labute approximate surface area is 75.6 Å². The van der Waals surface area contributed by atoms with E-state index in [1.54, 1.807) is 0 Å². The Hall–Kier alpha value is -1.02. The Balaban J connectivity index is 2.66. The van der Waals surface area contributed by atoms with Gasteiger partial charge >= 0.3 is 0 Å². The number of nitrogens with one attached hydrogen (secondary N) is 1. The van der Waals surface area contributed by atoms with Crippen LogP contribution in [-0.2, 0) is 5.88 Å². The minimum atomic E-state index is 0.466. The smallest absolute Gasteiger partial charge is 0.137 e. The van der Waals surface area contributed by atoms with Crippen molar-refractivity contribution in [2.75, 3.05) is 0 Å². The van der Waals surface area contributed by atoms with E-state index in [-0.39, 0.29) is 0 Å². The Kier molecular flexibility index (Phi) is 1.77. The third kappa shape index (κ3) is 1.18. The molecule has 2 aromatic rings. The normalized spacial score (nSPS) is 10.8. The lowest BCUT2D eigenvalue weighted by atomic mass is 10.3. The van der Waals surface area contributed by atoms with E-state index in [1.165, 1.54) is 0 Å². The van der Waals surface area contributed by atoms with Crippen molar-refractivity contribution in [1.82, 2.24) is 9.97 Å². The molecule has 0 spiro atoms. The molecule has 0 aliphatic heterocycles. The first-order chi connectivity index (χ1) is 5.79. The average molecular weight is 181 g/mol. The quantitative estimate of drug-likeness (QED) is 0.672. The van der Waals surface area contributed by atoms with Gasteiger partial charge in [0, 0.05) is 11.1 Å². The third-order valence-corrected chi connectivity index (χ3v) is 2.08. The topological polar surface area (TPSA) is 28.7 Å². The summed E-state index contributed by atoms with van der Waals surface area (Å²) >= 11 is 5.66.